The summed E-state index contributed by atoms with van der Waals surface area (Å²) < 4.78 is 1.32. The van der Waals surface area contributed by atoms with Gasteiger partial charge in [0, 0.05) is 38.2 Å². The van der Waals surface area contributed by atoms with Gasteiger partial charge in [0.05, 0.1) is 0 Å². The predicted molar refractivity (Wildman–Crippen MR) is 143 cm³/mol. The highest BCUT2D eigenvalue weighted by Crippen LogP contribution is 2.26. The average molecular weight is 496 g/mol. The molecule has 1 aromatic carbocycles. The largest absolute Gasteiger partial charge is 0.383 e. The Kier molecular flexibility index (Phi) is 8.90. The quantitative estimate of drug-likeness (QED) is 0.546. The third-order valence-corrected chi connectivity index (χ3v) is 6.22. The highest BCUT2D eigenvalue weighted by Gasteiger charge is 2.33. The van der Waals surface area contributed by atoms with Crippen LogP contribution in [0.2, 0.25) is 0 Å². The number of nitrogens with one attached hydrogen (secondary N) is 1. The molecule has 0 bridgehead atoms. The maximum atomic E-state index is 13.7. The molecule has 3 rings (SSSR count). The van der Waals surface area contributed by atoms with Crippen molar-refractivity contribution in [2.45, 2.75) is 47.1 Å². The molecule has 2 heterocycles. The number of carbonyl (C=O) groups is 2. The Morgan fingerprint density at radius 2 is 1.72 bits per heavy atom. The first-order valence-electron chi connectivity index (χ1n) is 12.5. The van der Waals surface area contributed by atoms with Crippen LogP contribution in [-0.4, -0.2) is 45.9 Å². The van der Waals surface area contributed by atoms with Crippen molar-refractivity contribution in [3.05, 3.63) is 62.8 Å². The van der Waals surface area contributed by atoms with Crippen molar-refractivity contribution in [3.63, 3.8) is 0 Å². The van der Waals surface area contributed by atoms with Crippen molar-refractivity contribution in [3.8, 4) is 0 Å². The molecule has 2 aromatic rings. The summed E-state index contributed by atoms with van der Waals surface area (Å²) in [6.07, 6.45) is 4.31. The first-order valence-corrected chi connectivity index (χ1v) is 12.5. The van der Waals surface area contributed by atoms with Gasteiger partial charge in [-0.05, 0) is 36.3 Å². The maximum Gasteiger partial charge on any atom is 0.330 e. The summed E-state index contributed by atoms with van der Waals surface area (Å²) in [4.78, 5) is 57.0. The minimum atomic E-state index is -0.662. The summed E-state index contributed by atoms with van der Waals surface area (Å²) in [7, 11) is 0. The number of nitrogens with two attached hydrogens (primary N) is 1. The summed E-state index contributed by atoms with van der Waals surface area (Å²) in [6.45, 7) is 9.31. The summed E-state index contributed by atoms with van der Waals surface area (Å²) in [5, 5.41) is 0. The second kappa shape index (κ2) is 11.9. The fourth-order valence-corrected chi connectivity index (χ4v) is 4.45. The molecule has 0 radical (unpaired) electrons. The van der Waals surface area contributed by atoms with E-state index in [-0.39, 0.29) is 41.1 Å². The van der Waals surface area contributed by atoms with Gasteiger partial charge in [0.25, 0.3) is 5.56 Å². The van der Waals surface area contributed by atoms with E-state index in [1.54, 1.807) is 17.1 Å². The predicted octanol–water partition coefficient (Wildman–Crippen LogP) is 2.72. The Morgan fingerprint density at radius 1 is 1.08 bits per heavy atom. The second-order valence-electron chi connectivity index (χ2n) is 10.2. The van der Waals surface area contributed by atoms with E-state index in [2.05, 4.69) is 4.98 Å². The van der Waals surface area contributed by atoms with Gasteiger partial charge >= 0.3 is 5.69 Å². The first-order chi connectivity index (χ1) is 17.1. The smallest absolute Gasteiger partial charge is 0.330 e. The number of hydrogen-bond acceptors (Lipinski definition) is 5. The SMILES string of the molecule is CC(C)CN(C(=O)C1CCN(C(=O)/C=C/c2ccccc2)CC1)c1c(N)n(CC(C)C)c(=O)[nH]c1=O. The Morgan fingerprint density at radius 3 is 2.31 bits per heavy atom. The number of amides is 2. The van der Waals surface area contributed by atoms with Crippen LogP contribution in [0.4, 0.5) is 11.5 Å². The van der Waals surface area contributed by atoms with Crippen molar-refractivity contribution in [1.29, 1.82) is 0 Å². The Bertz CT molecular complexity index is 1200. The number of carbonyl (C=O) groups excluding carboxylic acids is 2. The number of H-pyrrole nitrogens is 1. The van der Waals surface area contributed by atoms with Gasteiger partial charge < -0.3 is 15.5 Å². The van der Waals surface area contributed by atoms with Crippen molar-refractivity contribution in [1.82, 2.24) is 14.5 Å². The van der Waals surface area contributed by atoms with Gasteiger partial charge in [0.1, 0.15) is 5.82 Å². The number of likely N-dealkylation sites (tertiary alicyclic amines) is 1. The number of piperidine rings is 1. The van der Waals surface area contributed by atoms with E-state index in [1.807, 2.05) is 58.0 Å². The summed E-state index contributed by atoms with van der Waals surface area (Å²) in [5.74, 6) is -0.452. The van der Waals surface area contributed by atoms with Crippen molar-refractivity contribution < 1.29 is 9.59 Å². The van der Waals surface area contributed by atoms with Gasteiger partial charge in [-0.25, -0.2) is 4.79 Å². The van der Waals surface area contributed by atoms with Crippen LogP contribution in [0.1, 0.15) is 46.1 Å². The highest BCUT2D eigenvalue weighted by molar-refractivity contribution is 5.97. The lowest BCUT2D eigenvalue weighted by Gasteiger charge is -2.34. The third-order valence-electron chi connectivity index (χ3n) is 6.22. The lowest BCUT2D eigenvalue weighted by atomic mass is 9.94. The number of rotatable bonds is 8. The molecule has 36 heavy (non-hydrogen) atoms. The lowest BCUT2D eigenvalue weighted by Crippen LogP contribution is -2.48. The molecule has 194 valence electrons. The van der Waals surface area contributed by atoms with Crippen LogP contribution in [0.5, 0.6) is 0 Å². The van der Waals surface area contributed by atoms with Gasteiger partial charge in [0.2, 0.25) is 11.8 Å². The standard InChI is InChI=1S/C27H37N5O4/c1-18(2)16-31(23-24(28)32(17-19(3)4)27(36)29-25(23)34)26(35)21-12-14-30(15-13-21)22(33)11-10-20-8-6-5-7-9-20/h5-11,18-19,21H,12-17,28H2,1-4H3,(H,29,34,36)/b11-10+. The number of aromatic nitrogens is 2. The molecule has 0 spiro atoms. The number of nitrogen functional groups attached to an aromatic ring is 1. The Balaban J connectivity index is 1.78. The maximum absolute atomic E-state index is 13.7. The molecule has 1 fully saturated rings. The summed E-state index contributed by atoms with van der Waals surface area (Å²) >= 11 is 0. The fourth-order valence-electron chi connectivity index (χ4n) is 4.45. The lowest BCUT2D eigenvalue weighted by molar-refractivity contribution is -0.131. The van der Waals surface area contributed by atoms with Gasteiger partial charge in [-0.3, -0.25) is 23.9 Å². The van der Waals surface area contributed by atoms with Gasteiger partial charge in [-0.15, -0.1) is 0 Å². The van der Waals surface area contributed by atoms with Crippen LogP contribution in [0.15, 0.2) is 46.0 Å². The van der Waals surface area contributed by atoms with Crippen molar-refractivity contribution >= 4 is 29.4 Å². The zero-order chi connectivity index (χ0) is 26.4. The number of hydrogen-bond donors (Lipinski definition) is 2. The van der Waals surface area contributed by atoms with Crippen LogP contribution in [0.3, 0.4) is 0 Å². The summed E-state index contributed by atoms with van der Waals surface area (Å²) in [6, 6.07) is 9.60. The first kappa shape index (κ1) is 27.0. The van der Waals surface area contributed by atoms with Gasteiger partial charge in [-0.1, -0.05) is 58.0 Å². The van der Waals surface area contributed by atoms with E-state index in [0.29, 0.717) is 39.0 Å². The number of anilines is 2. The van der Waals surface area contributed by atoms with Crippen molar-refractivity contribution in [2.24, 2.45) is 17.8 Å². The molecule has 3 N–H and O–H groups in total. The number of nitrogens with zero attached hydrogens (tertiary/aromatic N) is 3. The van der Waals surface area contributed by atoms with E-state index in [4.69, 9.17) is 5.73 Å². The zero-order valence-corrected chi connectivity index (χ0v) is 21.6. The molecule has 1 aromatic heterocycles. The molecule has 2 amide bonds. The molecule has 1 aliphatic heterocycles. The molecule has 9 heteroatoms. The molecule has 1 aliphatic rings. The van der Waals surface area contributed by atoms with Gasteiger partial charge in [0.15, 0.2) is 5.69 Å². The molecule has 0 unspecified atom stereocenters. The fraction of sp³-hybridized carbons (Fsp3) is 0.481. The highest BCUT2D eigenvalue weighted by atomic mass is 16.2. The Labute approximate surface area is 211 Å². The van der Waals surface area contributed by atoms with Crippen LogP contribution in [-0.2, 0) is 16.1 Å². The van der Waals surface area contributed by atoms with E-state index in [9.17, 15) is 19.2 Å². The minimum Gasteiger partial charge on any atom is -0.383 e. The monoisotopic (exact) mass is 495 g/mol. The van der Waals surface area contributed by atoms with Crippen molar-refractivity contribution in [2.75, 3.05) is 30.3 Å². The van der Waals surface area contributed by atoms with Crippen LogP contribution in [0, 0.1) is 17.8 Å². The molecular formula is C27H37N5O4. The Hall–Kier alpha value is -3.62. The molecule has 1 saturated heterocycles. The van der Waals surface area contributed by atoms with E-state index < -0.39 is 11.2 Å². The van der Waals surface area contributed by atoms with Crippen LogP contribution >= 0.6 is 0 Å². The number of aromatic amines is 1. The zero-order valence-electron chi connectivity index (χ0n) is 21.6. The van der Waals surface area contributed by atoms with E-state index in [1.165, 1.54) is 9.47 Å². The van der Waals surface area contributed by atoms with E-state index >= 15 is 0 Å². The van der Waals surface area contributed by atoms with E-state index in [0.717, 1.165) is 5.56 Å². The molecule has 0 aliphatic carbocycles. The van der Waals surface area contributed by atoms with Crippen LogP contribution < -0.4 is 21.9 Å². The molecular weight excluding hydrogens is 458 g/mol. The topological polar surface area (TPSA) is 121 Å². The molecule has 0 atom stereocenters. The minimum absolute atomic E-state index is 0.00473. The normalized spacial score (nSPS) is 14.7. The summed E-state index contributed by atoms with van der Waals surface area (Å²) in [5.41, 5.74) is 6.04. The molecule has 9 nitrogen and oxygen atoms in total. The molecule has 0 saturated carbocycles. The second-order valence-corrected chi connectivity index (χ2v) is 10.2. The van der Waals surface area contributed by atoms with Crippen LogP contribution in [0.25, 0.3) is 6.08 Å². The third kappa shape index (κ3) is 6.53. The van der Waals surface area contributed by atoms with Gasteiger partial charge in [-0.2, -0.15) is 0 Å². The average Bonchev–Trinajstić information content (AvgIpc) is 2.84. The number of benzene rings is 1.